The van der Waals surface area contributed by atoms with E-state index in [4.69, 9.17) is 4.74 Å². The third-order valence-corrected chi connectivity index (χ3v) is 7.46. The fraction of sp³-hybridized carbons (Fsp3) is 0.400. The monoisotopic (exact) mass is 445 g/mol. The molecular formula is C20H22F3NO3S2. The molecule has 3 rings (SSSR count). The molecule has 0 unspecified atom stereocenters. The van der Waals surface area contributed by atoms with Crippen LogP contribution in [0.25, 0.3) is 11.1 Å². The number of alkyl halides is 3. The number of benzene rings is 2. The maximum Gasteiger partial charge on any atom is 0.416 e. The summed E-state index contributed by atoms with van der Waals surface area (Å²) in [5.41, 5.74) is 0.158. The van der Waals surface area contributed by atoms with E-state index < -0.39 is 21.8 Å². The van der Waals surface area contributed by atoms with Crippen molar-refractivity contribution in [3.63, 3.8) is 0 Å². The molecule has 29 heavy (non-hydrogen) atoms. The normalized spacial score (nSPS) is 16.1. The van der Waals surface area contributed by atoms with Gasteiger partial charge in [0.05, 0.1) is 10.5 Å². The van der Waals surface area contributed by atoms with E-state index in [0.717, 1.165) is 38.2 Å². The lowest BCUT2D eigenvalue weighted by Gasteiger charge is -2.21. The molecule has 158 valence electrons. The second-order valence-corrected chi connectivity index (χ2v) is 9.86. The summed E-state index contributed by atoms with van der Waals surface area (Å²) in [5, 5.41) is 0.500. The van der Waals surface area contributed by atoms with Crippen molar-refractivity contribution in [2.75, 3.05) is 25.5 Å². The van der Waals surface area contributed by atoms with E-state index >= 15 is 0 Å². The molecule has 0 aliphatic carbocycles. The zero-order chi connectivity index (χ0) is 20.9. The number of ether oxygens (including phenoxy) is 1. The molecule has 2 aromatic carbocycles. The van der Waals surface area contributed by atoms with E-state index in [2.05, 4.69) is 4.72 Å². The lowest BCUT2D eigenvalue weighted by molar-refractivity contribution is -0.137. The number of hydrogen-bond donors (Lipinski definition) is 1. The van der Waals surface area contributed by atoms with Gasteiger partial charge in [-0.05, 0) is 48.2 Å². The van der Waals surface area contributed by atoms with Crippen LogP contribution in [-0.2, 0) is 20.9 Å². The summed E-state index contributed by atoms with van der Waals surface area (Å²) in [4.78, 5) is 0.0873. The van der Waals surface area contributed by atoms with E-state index in [1.807, 2.05) is 0 Å². The van der Waals surface area contributed by atoms with E-state index in [0.29, 0.717) is 28.7 Å². The van der Waals surface area contributed by atoms with Gasteiger partial charge in [-0.3, -0.25) is 0 Å². The maximum absolute atomic E-state index is 12.9. The summed E-state index contributed by atoms with van der Waals surface area (Å²) in [5.74, 6) is 0.673. The molecule has 1 aliphatic rings. The largest absolute Gasteiger partial charge is 0.416 e. The molecule has 1 aliphatic heterocycles. The summed E-state index contributed by atoms with van der Waals surface area (Å²) in [6, 6.07) is 10.8. The van der Waals surface area contributed by atoms with Gasteiger partial charge >= 0.3 is 6.18 Å². The second-order valence-electron chi connectivity index (χ2n) is 6.68. The van der Waals surface area contributed by atoms with Crippen LogP contribution in [-0.4, -0.2) is 39.2 Å². The summed E-state index contributed by atoms with van der Waals surface area (Å²) < 4.78 is 71.4. The predicted octanol–water partition coefficient (Wildman–Crippen LogP) is 4.56. The fourth-order valence-corrected chi connectivity index (χ4v) is 5.27. The topological polar surface area (TPSA) is 55.4 Å². The van der Waals surface area contributed by atoms with Crippen molar-refractivity contribution in [2.45, 2.75) is 29.2 Å². The van der Waals surface area contributed by atoms with Gasteiger partial charge < -0.3 is 4.74 Å². The minimum atomic E-state index is -4.42. The molecule has 0 spiro atoms. The Bertz CT molecular complexity index is 909. The SMILES string of the molecule is O=S(=O)(NCCSC1CCOCC1)c1ccc(-c2cccc(C(F)(F)F)c2)cc1. The van der Waals surface area contributed by atoms with E-state index in [1.54, 1.807) is 17.8 Å². The number of halogens is 3. The molecule has 1 heterocycles. The van der Waals surface area contributed by atoms with Crippen molar-refractivity contribution in [3.05, 3.63) is 54.1 Å². The van der Waals surface area contributed by atoms with Crippen LogP contribution in [0.4, 0.5) is 13.2 Å². The number of hydrogen-bond acceptors (Lipinski definition) is 4. The molecule has 0 amide bonds. The lowest BCUT2D eigenvalue weighted by atomic mass is 10.0. The van der Waals surface area contributed by atoms with Crippen LogP contribution >= 0.6 is 11.8 Å². The fourth-order valence-electron chi connectivity index (χ4n) is 3.03. The zero-order valence-corrected chi connectivity index (χ0v) is 17.2. The Morgan fingerprint density at radius 1 is 1.03 bits per heavy atom. The van der Waals surface area contributed by atoms with E-state index in [1.165, 1.54) is 30.3 Å². The Hall–Kier alpha value is -1.55. The minimum Gasteiger partial charge on any atom is -0.381 e. The van der Waals surface area contributed by atoms with Crippen LogP contribution < -0.4 is 4.72 Å². The van der Waals surface area contributed by atoms with Crippen LogP contribution in [0.1, 0.15) is 18.4 Å². The summed E-state index contributed by atoms with van der Waals surface area (Å²) in [6.07, 6.45) is -2.46. The van der Waals surface area contributed by atoms with Crippen molar-refractivity contribution >= 4 is 21.8 Å². The number of sulfonamides is 1. The van der Waals surface area contributed by atoms with Crippen LogP contribution in [0.2, 0.25) is 0 Å². The molecule has 2 aromatic rings. The molecule has 9 heteroatoms. The van der Waals surface area contributed by atoms with Crippen LogP contribution in [0.15, 0.2) is 53.4 Å². The molecule has 0 aromatic heterocycles. The highest BCUT2D eigenvalue weighted by atomic mass is 32.2. The van der Waals surface area contributed by atoms with Gasteiger partial charge in [0.2, 0.25) is 10.0 Å². The van der Waals surface area contributed by atoms with Gasteiger partial charge in [-0.15, -0.1) is 0 Å². The smallest absolute Gasteiger partial charge is 0.381 e. The first-order valence-corrected chi connectivity index (χ1v) is 11.8. The summed E-state index contributed by atoms with van der Waals surface area (Å²) in [6.45, 7) is 1.82. The van der Waals surface area contributed by atoms with Gasteiger partial charge in [0.1, 0.15) is 0 Å². The highest BCUT2D eigenvalue weighted by molar-refractivity contribution is 8.00. The van der Waals surface area contributed by atoms with Gasteiger partial charge in [-0.1, -0.05) is 24.3 Å². The third kappa shape index (κ3) is 6.21. The Labute approximate surface area is 172 Å². The van der Waals surface area contributed by atoms with Crippen molar-refractivity contribution in [1.82, 2.24) is 4.72 Å². The minimum absolute atomic E-state index is 0.0873. The highest BCUT2D eigenvalue weighted by Gasteiger charge is 2.30. The van der Waals surface area contributed by atoms with Gasteiger partial charge in [0.15, 0.2) is 0 Å². The van der Waals surface area contributed by atoms with Crippen molar-refractivity contribution in [1.29, 1.82) is 0 Å². The van der Waals surface area contributed by atoms with Crippen LogP contribution in [0, 0.1) is 0 Å². The molecule has 0 atom stereocenters. The maximum atomic E-state index is 12.9. The average molecular weight is 446 g/mol. The van der Waals surface area contributed by atoms with E-state index in [9.17, 15) is 21.6 Å². The van der Waals surface area contributed by atoms with Crippen LogP contribution in [0.5, 0.6) is 0 Å². The van der Waals surface area contributed by atoms with Gasteiger partial charge in [0, 0.05) is 30.8 Å². The molecule has 1 fully saturated rings. The van der Waals surface area contributed by atoms with Crippen LogP contribution in [0.3, 0.4) is 0 Å². The first kappa shape index (κ1) is 22.1. The summed E-state index contributed by atoms with van der Waals surface area (Å²) in [7, 11) is -3.66. The molecule has 1 saturated heterocycles. The number of rotatable bonds is 7. The average Bonchev–Trinajstić information content (AvgIpc) is 2.72. The standard InChI is InChI=1S/C20H22F3NO3S2/c21-20(22,23)17-3-1-2-16(14-17)15-4-6-19(7-5-15)29(25,26)24-10-13-28-18-8-11-27-12-9-18/h1-7,14,18,24H,8-13H2. The van der Waals surface area contributed by atoms with Gasteiger partial charge in [-0.25, -0.2) is 13.1 Å². The van der Waals surface area contributed by atoms with Gasteiger partial charge in [0.25, 0.3) is 0 Å². The molecule has 1 N–H and O–H groups in total. The quantitative estimate of drug-likeness (QED) is 0.635. The zero-order valence-electron chi connectivity index (χ0n) is 15.6. The summed E-state index contributed by atoms with van der Waals surface area (Å²) >= 11 is 1.74. The molecular weight excluding hydrogens is 423 g/mol. The van der Waals surface area contributed by atoms with E-state index in [-0.39, 0.29) is 4.90 Å². The van der Waals surface area contributed by atoms with Crippen molar-refractivity contribution in [3.8, 4) is 11.1 Å². The number of thioether (sulfide) groups is 1. The first-order valence-electron chi connectivity index (χ1n) is 9.22. The van der Waals surface area contributed by atoms with Crippen molar-refractivity contribution in [2.24, 2.45) is 0 Å². The second kappa shape index (κ2) is 9.51. The highest BCUT2D eigenvalue weighted by Crippen LogP contribution is 2.32. The molecule has 4 nitrogen and oxygen atoms in total. The lowest BCUT2D eigenvalue weighted by Crippen LogP contribution is -2.27. The Morgan fingerprint density at radius 3 is 2.38 bits per heavy atom. The molecule has 0 saturated carbocycles. The first-order chi connectivity index (χ1) is 13.8. The molecule has 0 radical (unpaired) electrons. The van der Waals surface area contributed by atoms with Gasteiger partial charge in [-0.2, -0.15) is 24.9 Å². The third-order valence-electron chi connectivity index (χ3n) is 4.60. The molecule has 0 bridgehead atoms. The Kier molecular flexibility index (Phi) is 7.26. The number of nitrogens with one attached hydrogen (secondary N) is 1. The Morgan fingerprint density at radius 2 is 1.72 bits per heavy atom. The van der Waals surface area contributed by atoms with Crippen molar-refractivity contribution < 1.29 is 26.3 Å². The Balaban J connectivity index is 1.60. The predicted molar refractivity (Wildman–Crippen MR) is 108 cm³/mol.